The van der Waals surface area contributed by atoms with Crippen LogP contribution in [0.4, 0.5) is 11.6 Å². The fraction of sp³-hybridized carbons (Fsp3) is 0.296. The highest BCUT2D eigenvalue weighted by Crippen LogP contribution is 2.17. The highest BCUT2D eigenvalue weighted by Gasteiger charge is 2.16. The number of aryl methyl sites for hydroxylation is 1. The molecule has 10 heteroatoms. The summed E-state index contributed by atoms with van der Waals surface area (Å²) < 4.78 is 5.43. The zero-order chi connectivity index (χ0) is 25.5. The molecule has 1 saturated heterocycles. The van der Waals surface area contributed by atoms with Gasteiger partial charge < -0.3 is 15.4 Å². The highest BCUT2D eigenvalue weighted by atomic mass is 16.5. The number of ether oxygens (including phenoxy) is 1. The minimum atomic E-state index is -0.411. The van der Waals surface area contributed by atoms with Crippen molar-refractivity contribution in [2.24, 2.45) is 0 Å². The van der Waals surface area contributed by atoms with E-state index in [0.29, 0.717) is 47.7 Å². The lowest BCUT2D eigenvalue weighted by Crippen LogP contribution is -2.38. The first-order chi connectivity index (χ1) is 18.1. The fourth-order valence-corrected chi connectivity index (χ4v) is 4.05. The van der Waals surface area contributed by atoms with E-state index >= 15 is 0 Å². The van der Waals surface area contributed by atoms with Crippen molar-refractivity contribution >= 4 is 17.6 Å². The first kappa shape index (κ1) is 24.4. The summed E-state index contributed by atoms with van der Waals surface area (Å²) in [5.41, 5.74) is 2.78. The highest BCUT2D eigenvalue weighted by molar-refractivity contribution is 5.87. The Bertz CT molecular complexity index is 1360. The van der Waals surface area contributed by atoms with Gasteiger partial charge in [-0.1, -0.05) is 18.6 Å². The standard InChI is InChI=1S/C27H28N8O2/c1-18-5-4-7-21(32-18)26-30-14-11-24(35-26)33-23-10-13-29-25(34-23)15-19-8-9-22(31-16-19)27(36)37-17-20-6-2-3-12-28-20/h4-5,7-11,13-14,16,20,28H,2-3,6,12,15,17H2,1H3,(H,29,30,33,34,35)/t20-/m1/s1. The maximum absolute atomic E-state index is 12.3. The molecule has 0 radical (unpaired) electrons. The summed E-state index contributed by atoms with van der Waals surface area (Å²) in [4.78, 5) is 39.0. The molecular weight excluding hydrogens is 468 g/mol. The number of piperidine rings is 1. The molecule has 0 unspecified atom stereocenters. The number of nitrogens with one attached hydrogen (secondary N) is 2. The molecule has 0 amide bonds. The lowest BCUT2D eigenvalue weighted by molar-refractivity contribution is 0.0444. The van der Waals surface area contributed by atoms with Gasteiger partial charge in [0.2, 0.25) is 0 Å². The van der Waals surface area contributed by atoms with Gasteiger partial charge in [0, 0.05) is 36.7 Å². The average Bonchev–Trinajstić information content (AvgIpc) is 2.93. The Balaban J connectivity index is 1.20. The summed E-state index contributed by atoms with van der Waals surface area (Å²) in [5, 5.41) is 6.58. The van der Waals surface area contributed by atoms with Gasteiger partial charge in [0.1, 0.15) is 35.5 Å². The van der Waals surface area contributed by atoms with Gasteiger partial charge in [-0.2, -0.15) is 0 Å². The van der Waals surface area contributed by atoms with Crippen LogP contribution in [0.1, 0.15) is 46.8 Å². The first-order valence-electron chi connectivity index (χ1n) is 12.3. The number of pyridine rings is 2. The van der Waals surface area contributed by atoms with E-state index in [-0.39, 0.29) is 6.04 Å². The van der Waals surface area contributed by atoms with E-state index in [4.69, 9.17) is 4.74 Å². The number of aromatic nitrogens is 6. The van der Waals surface area contributed by atoms with Crippen LogP contribution in [0.15, 0.2) is 61.1 Å². The van der Waals surface area contributed by atoms with Gasteiger partial charge in [0.05, 0.1) is 0 Å². The molecular formula is C27H28N8O2. The van der Waals surface area contributed by atoms with Crippen LogP contribution >= 0.6 is 0 Å². The maximum Gasteiger partial charge on any atom is 0.356 e. The summed E-state index contributed by atoms with van der Waals surface area (Å²) >= 11 is 0. The molecule has 1 fully saturated rings. The zero-order valence-corrected chi connectivity index (χ0v) is 20.6. The van der Waals surface area contributed by atoms with E-state index in [2.05, 4.69) is 40.5 Å². The minimum Gasteiger partial charge on any atom is -0.459 e. The molecule has 188 valence electrons. The van der Waals surface area contributed by atoms with Crippen LogP contribution in [-0.2, 0) is 11.2 Å². The Morgan fingerprint density at radius 3 is 2.65 bits per heavy atom. The Morgan fingerprint density at radius 1 is 1.00 bits per heavy atom. The van der Waals surface area contributed by atoms with E-state index < -0.39 is 5.97 Å². The van der Waals surface area contributed by atoms with Crippen molar-refractivity contribution in [3.05, 3.63) is 83.8 Å². The Kier molecular flexibility index (Phi) is 7.66. The molecule has 4 aromatic heterocycles. The van der Waals surface area contributed by atoms with Gasteiger partial charge >= 0.3 is 5.97 Å². The van der Waals surface area contributed by atoms with Crippen molar-refractivity contribution in [3.63, 3.8) is 0 Å². The molecule has 37 heavy (non-hydrogen) atoms. The fourth-order valence-electron chi connectivity index (χ4n) is 4.05. The summed E-state index contributed by atoms with van der Waals surface area (Å²) in [7, 11) is 0. The number of carbonyl (C=O) groups is 1. The normalized spacial score (nSPS) is 15.2. The minimum absolute atomic E-state index is 0.225. The lowest BCUT2D eigenvalue weighted by atomic mass is 10.1. The third-order valence-electron chi connectivity index (χ3n) is 5.96. The molecule has 1 atom stereocenters. The van der Waals surface area contributed by atoms with Gasteiger partial charge in [0.15, 0.2) is 5.82 Å². The van der Waals surface area contributed by atoms with Crippen LogP contribution < -0.4 is 10.6 Å². The van der Waals surface area contributed by atoms with Crippen LogP contribution in [0.3, 0.4) is 0 Å². The number of hydrogen-bond donors (Lipinski definition) is 2. The largest absolute Gasteiger partial charge is 0.459 e. The summed E-state index contributed by atoms with van der Waals surface area (Å²) in [6, 6.07) is 13.0. The molecule has 5 heterocycles. The second-order valence-electron chi connectivity index (χ2n) is 8.89. The molecule has 10 nitrogen and oxygen atoms in total. The smallest absolute Gasteiger partial charge is 0.356 e. The molecule has 0 saturated carbocycles. The molecule has 1 aliphatic heterocycles. The maximum atomic E-state index is 12.3. The molecule has 0 spiro atoms. The molecule has 0 aromatic carbocycles. The topological polar surface area (TPSA) is 128 Å². The molecule has 4 aromatic rings. The van der Waals surface area contributed by atoms with Gasteiger partial charge in [0.25, 0.3) is 0 Å². The van der Waals surface area contributed by atoms with Gasteiger partial charge in [-0.05, 0) is 62.2 Å². The zero-order valence-electron chi connectivity index (χ0n) is 20.6. The van der Waals surface area contributed by atoms with Crippen molar-refractivity contribution in [2.75, 3.05) is 18.5 Å². The van der Waals surface area contributed by atoms with Crippen LogP contribution in [0.2, 0.25) is 0 Å². The van der Waals surface area contributed by atoms with E-state index in [9.17, 15) is 4.79 Å². The van der Waals surface area contributed by atoms with Crippen LogP contribution in [0.25, 0.3) is 11.5 Å². The monoisotopic (exact) mass is 496 g/mol. The second-order valence-corrected chi connectivity index (χ2v) is 8.89. The number of esters is 1. The molecule has 0 aliphatic carbocycles. The van der Waals surface area contributed by atoms with Gasteiger partial charge in [-0.15, -0.1) is 0 Å². The van der Waals surface area contributed by atoms with Crippen molar-refractivity contribution in [2.45, 2.75) is 38.6 Å². The van der Waals surface area contributed by atoms with E-state index in [1.165, 1.54) is 6.42 Å². The number of carbonyl (C=O) groups excluding carboxylic acids is 1. The second kappa shape index (κ2) is 11.6. The molecule has 5 rings (SSSR count). The number of anilines is 2. The van der Waals surface area contributed by atoms with Crippen LogP contribution in [0, 0.1) is 6.92 Å². The Hall–Kier alpha value is -4.31. The summed E-state index contributed by atoms with van der Waals surface area (Å²) in [6.45, 7) is 3.27. The van der Waals surface area contributed by atoms with Crippen molar-refractivity contribution in [3.8, 4) is 11.5 Å². The summed E-state index contributed by atoms with van der Waals surface area (Å²) in [6.07, 6.45) is 8.84. The Morgan fingerprint density at radius 2 is 1.86 bits per heavy atom. The lowest BCUT2D eigenvalue weighted by Gasteiger charge is -2.22. The van der Waals surface area contributed by atoms with Crippen molar-refractivity contribution in [1.82, 2.24) is 35.2 Å². The van der Waals surface area contributed by atoms with Crippen LogP contribution in [-0.4, -0.2) is 55.1 Å². The van der Waals surface area contributed by atoms with E-state index in [1.807, 2.05) is 31.2 Å². The Labute approximate surface area is 215 Å². The van der Waals surface area contributed by atoms with E-state index in [1.54, 1.807) is 36.8 Å². The van der Waals surface area contributed by atoms with Gasteiger partial charge in [-0.3, -0.25) is 0 Å². The third kappa shape index (κ3) is 6.68. The molecule has 2 N–H and O–H groups in total. The van der Waals surface area contributed by atoms with Crippen molar-refractivity contribution < 1.29 is 9.53 Å². The average molecular weight is 497 g/mol. The van der Waals surface area contributed by atoms with Crippen LogP contribution in [0.5, 0.6) is 0 Å². The first-order valence-corrected chi connectivity index (χ1v) is 12.3. The molecule has 1 aliphatic rings. The molecule has 0 bridgehead atoms. The third-order valence-corrected chi connectivity index (χ3v) is 5.96. The van der Waals surface area contributed by atoms with Gasteiger partial charge in [-0.25, -0.2) is 34.7 Å². The SMILES string of the molecule is Cc1cccc(-c2nccc(Nc3ccnc(Cc4ccc(C(=O)OC[C@H]5CCCCN5)nc4)n3)n2)n1. The number of nitrogens with zero attached hydrogens (tertiary/aromatic N) is 6. The quantitative estimate of drug-likeness (QED) is 0.349. The predicted molar refractivity (Wildman–Crippen MR) is 138 cm³/mol. The van der Waals surface area contributed by atoms with Crippen molar-refractivity contribution in [1.29, 1.82) is 0 Å². The number of rotatable bonds is 8. The van der Waals surface area contributed by atoms with E-state index in [0.717, 1.165) is 30.6 Å². The number of hydrogen-bond acceptors (Lipinski definition) is 10. The summed E-state index contributed by atoms with van der Waals surface area (Å²) in [5.74, 6) is 1.94. The predicted octanol–water partition coefficient (Wildman–Crippen LogP) is 3.67.